The smallest absolute Gasteiger partial charge is 0.331 e. The van der Waals surface area contributed by atoms with E-state index in [1.54, 1.807) is 4.98 Å². The highest BCUT2D eigenvalue weighted by atomic mass is 19.4. The van der Waals surface area contributed by atoms with Gasteiger partial charge in [-0.15, -0.1) is 0 Å². The van der Waals surface area contributed by atoms with Crippen molar-refractivity contribution in [2.24, 2.45) is 0 Å². The zero-order valence-electron chi connectivity index (χ0n) is 10.7. The van der Waals surface area contributed by atoms with Crippen molar-refractivity contribution in [1.29, 1.82) is 0 Å². The van der Waals surface area contributed by atoms with E-state index in [0.717, 1.165) is 0 Å². The molecule has 0 saturated heterocycles. The summed E-state index contributed by atoms with van der Waals surface area (Å²) in [7, 11) is 0. The van der Waals surface area contributed by atoms with Gasteiger partial charge in [0.2, 0.25) is 0 Å². The number of nitrogens with one attached hydrogen (secondary N) is 3. The summed E-state index contributed by atoms with van der Waals surface area (Å²) in [5.74, 6) is -22.6. The van der Waals surface area contributed by atoms with Gasteiger partial charge in [0, 0.05) is 0 Å². The number of aromatic amines is 3. The molecule has 0 aliphatic rings. The van der Waals surface area contributed by atoms with E-state index in [9.17, 15) is 49.1 Å². The summed E-state index contributed by atoms with van der Waals surface area (Å²) in [5, 5.41) is 0. The van der Waals surface area contributed by atoms with Crippen LogP contribution in [0.2, 0.25) is 0 Å². The fourth-order valence-corrected chi connectivity index (χ4v) is 1.61. The highest BCUT2D eigenvalue weighted by molar-refractivity contribution is 5.68. The molecule has 0 aromatic carbocycles. The van der Waals surface area contributed by atoms with Crippen molar-refractivity contribution in [2.45, 2.75) is 23.9 Å². The van der Waals surface area contributed by atoms with Crippen molar-refractivity contribution in [3.05, 3.63) is 26.7 Å². The van der Waals surface area contributed by atoms with Crippen LogP contribution in [0.15, 0.2) is 9.59 Å². The van der Waals surface area contributed by atoms with Crippen LogP contribution in [0.25, 0.3) is 11.2 Å². The number of rotatable bonds is 3. The van der Waals surface area contributed by atoms with Crippen molar-refractivity contribution < 1.29 is 39.5 Å². The van der Waals surface area contributed by atoms with Gasteiger partial charge < -0.3 is 4.98 Å². The Morgan fingerprint density at radius 3 is 1.79 bits per heavy atom. The predicted octanol–water partition coefficient (Wildman–Crippen LogP) is 1.86. The number of H-pyrrole nitrogens is 3. The lowest BCUT2D eigenvalue weighted by atomic mass is 10.0. The van der Waals surface area contributed by atoms with E-state index in [0.29, 0.717) is 0 Å². The van der Waals surface area contributed by atoms with Crippen LogP contribution >= 0.6 is 0 Å². The van der Waals surface area contributed by atoms with E-state index in [2.05, 4.69) is 4.98 Å². The minimum Gasteiger partial charge on any atom is -0.331 e. The molecule has 0 spiro atoms. The molecule has 3 N–H and O–H groups in total. The van der Waals surface area contributed by atoms with E-state index in [1.807, 2.05) is 0 Å². The van der Waals surface area contributed by atoms with Gasteiger partial charge in [0.05, 0.1) is 0 Å². The average Bonchev–Trinajstić information content (AvgIpc) is 2.81. The van der Waals surface area contributed by atoms with E-state index in [-0.39, 0.29) is 0 Å². The van der Waals surface area contributed by atoms with Crippen molar-refractivity contribution in [2.75, 3.05) is 0 Å². The van der Waals surface area contributed by atoms with Crippen LogP contribution in [-0.4, -0.2) is 38.0 Å². The Kier molecular flexibility index (Phi) is 3.55. The molecule has 0 amide bonds. The molecular formula is C9H3F9N4O2. The standard InChI is InChI=1S/C9H3F9N4O2/c10-6(11,7(12,13)8(14,15)9(16,17)18)4-19-1-2(20-4)21-5(24)22-3(1)23/h(H3,19,20,21,22,23,24). The minimum atomic E-state index is -7.11. The molecule has 0 fully saturated rings. The van der Waals surface area contributed by atoms with E-state index in [1.165, 1.54) is 9.97 Å². The molecule has 0 saturated carbocycles. The normalized spacial score (nSPS) is 14.4. The zero-order valence-corrected chi connectivity index (χ0v) is 10.7. The molecule has 2 aromatic rings. The molecule has 24 heavy (non-hydrogen) atoms. The monoisotopic (exact) mass is 370 g/mol. The first-order chi connectivity index (χ1) is 10.6. The van der Waals surface area contributed by atoms with Gasteiger partial charge in [-0.1, -0.05) is 0 Å². The summed E-state index contributed by atoms with van der Waals surface area (Å²) in [4.78, 5) is 29.0. The van der Waals surface area contributed by atoms with Crippen LogP contribution < -0.4 is 11.2 Å². The predicted molar refractivity (Wildman–Crippen MR) is 57.2 cm³/mol. The molecule has 0 atom stereocenters. The first-order valence-electron chi connectivity index (χ1n) is 5.56. The molecule has 6 nitrogen and oxygen atoms in total. The number of hydrogen-bond acceptors (Lipinski definition) is 3. The Balaban J connectivity index is 2.68. The number of hydrogen-bond donors (Lipinski definition) is 3. The van der Waals surface area contributed by atoms with Gasteiger partial charge in [0.1, 0.15) is 5.52 Å². The summed E-state index contributed by atoms with van der Waals surface area (Å²) in [6.45, 7) is 0. The molecule has 0 unspecified atom stereocenters. The Hall–Kier alpha value is -2.48. The fraction of sp³-hybridized carbons (Fsp3) is 0.444. The first kappa shape index (κ1) is 17.9. The molecule has 0 aliphatic heterocycles. The molecule has 2 aromatic heterocycles. The molecule has 2 rings (SSSR count). The maximum atomic E-state index is 13.6. The quantitative estimate of drug-likeness (QED) is 0.720. The highest BCUT2D eigenvalue weighted by Gasteiger charge is 2.82. The molecule has 15 heteroatoms. The SMILES string of the molecule is O=c1[nH]c(=O)c2[nH]c(C(F)(F)C(F)(F)C(F)(F)C(F)(F)F)nc2[nH]1. The topological polar surface area (TPSA) is 94.4 Å². The third-order valence-corrected chi connectivity index (χ3v) is 2.83. The molecular weight excluding hydrogens is 367 g/mol. The minimum absolute atomic E-state index is 1.03. The maximum Gasteiger partial charge on any atom is 0.460 e. The van der Waals surface area contributed by atoms with Gasteiger partial charge in [-0.2, -0.15) is 39.5 Å². The van der Waals surface area contributed by atoms with Crippen LogP contribution in [0, 0.1) is 0 Å². The van der Waals surface area contributed by atoms with Crippen molar-refractivity contribution in [3.8, 4) is 0 Å². The van der Waals surface area contributed by atoms with E-state index >= 15 is 0 Å². The summed E-state index contributed by atoms with van der Waals surface area (Å²) in [5.41, 5.74) is -4.81. The zero-order chi connectivity index (χ0) is 18.7. The first-order valence-corrected chi connectivity index (χ1v) is 5.56. The maximum absolute atomic E-state index is 13.6. The third-order valence-electron chi connectivity index (χ3n) is 2.83. The van der Waals surface area contributed by atoms with Crippen LogP contribution in [-0.2, 0) is 5.92 Å². The number of fused-ring (bicyclic) bond motifs is 1. The summed E-state index contributed by atoms with van der Waals surface area (Å²) in [6, 6.07) is 0. The van der Waals surface area contributed by atoms with Crippen LogP contribution in [0.3, 0.4) is 0 Å². The molecule has 134 valence electrons. The van der Waals surface area contributed by atoms with Crippen LogP contribution in [0.4, 0.5) is 39.5 Å². The molecule has 0 aliphatic carbocycles. The summed E-state index contributed by atoms with van der Waals surface area (Å²) < 4.78 is 115. The van der Waals surface area contributed by atoms with Gasteiger partial charge in [-0.3, -0.25) is 14.8 Å². The van der Waals surface area contributed by atoms with Gasteiger partial charge >= 0.3 is 29.6 Å². The Labute approximate surface area is 122 Å². The van der Waals surface area contributed by atoms with Crippen molar-refractivity contribution >= 4 is 11.2 Å². The lowest BCUT2D eigenvalue weighted by Crippen LogP contribution is -2.59. The van der Waals surface area contributed by atoms with Gasteiger partial charge in [-0.25, -0.2) is 9.78 Å². The van der Waals surface area contributed by atoms with Gasteiger partial charge in [0.15, 0.2) is 11.5 Å². The van der Waals surface area contributed by atoms with E-state index < -0.39 is 52.2 Å². The summed E-state index contributed by atoms with van der Waals surface area (Å²) >= 11 is 0. The number of halogens is 9. The summed E-state index contributed by atoms with van der Waals surface area (Å²) in [6.07, 6.45) is -6.99. The lowest BCUT2D eigenvalue weighted by molar-refractivity contribution is -0.400. The third kappa shape index (κ3) is 2.25. The van der Waals surface area contributed by atoms with Crippen LogP contribution in [0.5, 0.6) is 0 Å². The number of alkyl halides is 9. The second-order valence-electron chi connectivity index (χ2n) is 4.44. The molecule has 0 bridgehead atoms. The van der Waals surface area contributed by atoms with Crippen LogP contribution in [0.1, 0.15) is 5.82 Å². The van der Waals surface area contributed by atoms with Crippen molar-refractivity contribution in [3.63, 3.8) is 0 Å². The van der Waals surface area contributed by atoms with E-state index in [4.69, 9.17) is 0 Å². The average molecular weight is 370 g/mol. The highest BCUT2D eigenvalue weighted by Crippen LogP contribution is 2.56. The molecule has 0 radical (unpaired) electrons. The van der Waals surface area contributed by atoms with Gasteiger partial charge in [-0.05, 0) is 0 Å². The Morgan fingerprint density at radius 2 is 1.29 bits per heavy atom. The Bertz CT molecular complexity index is 891. The molecule has 2 heterocycles. The second kappa shape index (κ2) is 4.76. The van der Waals surface area contributed by atoms with Crippen molar-refractivity contribution in [1.82, 2.24) is 19.9 Å². The number of imidazole rings is 1. The largest absolute Gasteiger partial charge is 0.460 e. The number of aromatic nitrogens is 4. The van der Waals surface area contributed by atoms with Gasteiger partial charge in [0.25, 0.3) is 5.56 Å². The fourth-order valence-electron chi connectivity index (χ4n) is 1.61. The number of nitrogens with zero attached hydrogens (tertiary/aromatic N) is 1. The lowest BCUT2D eigenvalue weighted by Gasteiger charge is -2.32. The Morgan fingerprint density at radius 1 is 0.750 bits per heavy atom. The second-order valence-corrected chi connectivity index (χ2v) is 4.44.